The van der Waals surface area contributed by atoms with Crippen LogP contribution >= 0.6 is 0 Å². The number of amides is 1. The minimum atomic E-state index is -1.21. The number of aliphatic hydroxyl groups is 2. The van der Waals surface area contributed by atoms with Crippen molar-refractivity contribution in [2.45, 2.75) is 26.3 Å². The Labute approximate surface area is 202 Å². The molecule has 0 spiro atoms. The Morgan fingerprint density at radius 1 is 1.14 bits per heavy atom. The molecule has 35 heavy (non-hydrogen) atoms. The fraction of sp³-hybridized carbons (Fsp3) is 0.333. The summed E-state index contributed by atoms with van der Waals surface area (Å²) in [7, 11) is 0. The Morgan fingerprint density at radius 3 is 2.77 bits per heavy atom. The van der Waals surface area contributed by atoms with E-state index in [0.717, 1.165) is 55.8 Å². The lowest BCUT2D eigenvalue weighted by Crippen LogP contribution is -2.48. The summed E-state index contributed by atoms with van der Waals surface area (Å²) >= 11 is 0. The molecule has 0 saturated carbocycles. The second kappa shape index (κ2) is 8.25. The summed E-state index contributed by atoms with van der Waals surface area (Å²) in [6, 6.07) is 14.2. The highest BCUT2D eigenvalue weighted by molar-refractivity contribution is 6.10. The molecule has 4 heterocycles. The molecule has 1 amide bonds. The van der Waals surface area contributed by atoms with Gasteiger partial charge in [0.15, 0.2) is 11.5 Å². The van der Waals surface area contributed by atoms with Gasteiger partial charge in [-0.2, -0.15) is 0 Å². The van der Waals surface area contributed by atoms with Crippen LogP contribution in [0, 0.1) is 5.41 Å². The third kappa shape index (κ3) is 3.52. The Morgan fingerprint density at radius 2 is 1.94 bits per heavy atom. The Hall–Kier alpha value is -3.62. The number of H-pyrrole nitrogens is 1. The molecule has 8 nitrogen and oxygen atoms in total. The van der Waals surface area contributed by atoms with Gasteiger partial charge < -0.3 is 29.6 Å². The van der Waals surface area contributed by atoms with Crippen LogP contribution < -0.4 is 9.47 Å². The topological polar surface area (TPSA) is 108 Å². The zero-order valence-corrected chi connectivity index (χ0v) is 19.5. The van der Waals surface area contributed by atoms with E-state index in [-0.39, 0.29) is 12.7 Å². The van der Waals surface area contributed by atoms with E-state index in [1.54, 1.807) is 11.8 Å². The summed E-state index contributed by atoms with van der Waals surface area (Å²) in [5.41, 5.74) is 4.81. The zero-order chi connectivity index (χ0) is 24.2. The third-order valence-corrected chi connectivity index (χ3v) is 7.20. The Balaban J connectivity index is 1.46. The van der Waals surface area contributed by atoms with Gasteiger partial charge in [0.05, 0.1) is 42.1 Å². The van der Waals surface area contributed by atoms with Crippen LogP contribution in [0.25, 0.3) is 21.8 Å². The number of carbonyl (C=O) groups is 1. The molecule has 6 rings (SSSR count). The molecule has 0 unspecified atom stereocenters. The van der Waals surface area contributed by atoms with Gasteiger partial charge in [0.25, 0.3) is 0 Å². The monoisotopic (exact) mass is 473 g/mol. The number of nitrogens with zero attached hydrogens (tertiary/aromatic N) is 2. The van der Waals surface area contributed by atoms with E-state index in [9.17, 15) is 15.0 Å². The second-order valence-electron chi connectivity index (χ2n) is 9.62. The maximum Gasteiger partial charge on any atom is 0.233 e. The van der Waals surface area contributed by atoms with Gasteiger partial charge in [0.1, 0.15) is 0 Å². The van der Waals surface area contributed by atoms with E-state index >= 15 is 0 Å². The minimum Gasteiger partial charge on any atom is -0.454 e. The standard InChI is InChI=1S/C27H27N3O5/c1-27(13-31,14-32)26(33)30-9-8-18-21(12-30)28-20(10-16-6-7-22-23(11-16)35-15-34-22)25-24(18)17-4-2-3-5-19(17)29-25/h2-7,11,29,31-32H,8-10,12-15H2,1H3. The van der Waals surface area contributed by atoms with E-state index in [2.05, 4.69) is 17.1 Å². The van der Waals surface area contributed by atoms with Crippen molar-refractivity contribution in [3.05, 3.63) is 65.0 Å². The summed E-state index contributed by atoms with van der Waals surface area (Å²) in [5.74, 6) is 1.22. The third-order valence-electron chi connectivity index (χ3n) is 7.20. The molecule has 0 bridgehead atoms. The van der Waals surface area contributed by atoms with E-state index in [1.165, 1.54) is 0 Å². The maximum atomic E-state index is 13.1. The van der Waals surface area contributed by atoms with Crippen molar-refractivity contribution in [1.82, 2.24) is 14.9 Å². The number of aromatic amines is 1. The van der Waals surface area contributed by atoms with Gasteiger partial charge in [-0.05, 0) is 42.7 Å². The predicted octanol–water partition coefficient (Wildman–Crippen LogP) is 2.91. The molecule has 0 fully saturated rings. The molecule has 180 valence electrons. The molecule has 2 aromatic carbocycles. The van der Waals surface area contributed by atoms with Gasteiger partial charge >= 0.3 is 0 Å². The molecule has 2 aromatic heterocycles. The van der Waals surface area contributed by atoms with E-state index in [0.29, 0.717) is 25.9 Å². The number of ether oxygens (including phenoxy) is 2. The number of benzene rings is 2. The number of carbonyl (C=O) groups excluding carboxylic acids is 1. The number of para-hydroxylation sites is 1. The average Bonchev–Trinajstić information content (AvgIpc) is 3.52. The number of fused-ring (bicyclic) bond motifs is 6. The summed E-state index contributed by atoms with van der Waals surface area (Å²) in [6.07, 6.45) is 1.25. The zero-order valence-electron chi connectivity index (χ0n) is 19.5. The van der Waals surface area contributed by atoms with Crippen LogP contribution in [0.2, 0.25) is 0 Å². The van der Waals surface area contributed by atoms with Gasteiger partial charge in [-0.15, -0.1) is 0 Å². The first kappa shape index (κ1) is 21.9. The summed E-state index contributed by atoms with van der Waals surface area (Å²) in [4.78, 5) is 23.5. The van der Waals surface area contributed by atoms with Crippen molar-refractivity contribution in [3.8, 4) is 11.5 Å². The normalized spacial score (nSPS) is 15.1. The van der Waals surface area contributed by atoms with E-state index in [4.69, 9.17) is 14.5 Å². The quantitative estimate of drug-likeness (QED) is 0.411. The van der Waals surface area contributed by atoms with Crippen molar-refractivity contribution in [2.75, 3.05) is 26.6 Å². The Kier molecular flexibility index (Phi) is 5.16. The second-order valence-corrected chi connectivity index (χ2v) is 9.62. The van der Waals surface area contributed by atoms with Crippen molar-refractivity contribution in [1.29, 1.82) is 0 Å². The lowest BCUT2D eigenvalue weighted by Gasteiger charge is -2.35. The molecular weight excluding hydrogens is 446 g/mol. The molecule has 2 aliphatic rings. The number of aromatic nitrogens is 2. The Bertz CT molecular complexity index is 1460. The number of aliphatic hydroxyl groups excluding tert-OH is 2. The first-order valence-corrected chi connectivity index (χ1v) is 11.8. The van der Waals surface area contributed by atoms with Gasteiger partial charge in [0, 0.05) is 29.3 Å². The van der Waals surface area contributed by atoms with Gasteiger partial charge in [-0.3, -0.25) is 9.78 Å². The largest absolute Gasteiger partial charge is 0.454 e. The number of nitrogens with one attached hydrogen (secondary N) is 1. The fourth-order valence-electron chi connectivity index (χ4n) is 5.12. The smallest absolute Gasteiger partial charge is 0.233 e. The summed E-state index contributed by atoms with van der Waals surface area (Å²) in [5, 5.41) is 21.8. The van der Waals surface area contributed by atoms with Crippen LogP contribution in [-0.4, -0.2) is 57.5 Å². The molecule has 0 saturated heterocycles. The van der Waals surface area contributed by atoms with Gasteiger partial charge in [-0.25, -0.2) is 0 Å². The van der Waals surface area contributed by atoms with E-state index in [1.807, 2.05) is 30.3 Å². The van der Waals surface area contributed by atoms with Crippen LogP contribution in [0.5, 0.6) is 11.5 Å². The number of rotatable bonds is 5. The van der Waals surface area contributed by atoms with Crippen LogP contribution in [0.1, 0.15) is 29.4 Å². The summed E-state index contributed by atoms with van der Waals surface area (Å²) < 4.78 is 11.0. The molecule has 2 aliphatic heterocycles. The highest BCUT2D eigenvalue weighted by Gasteiger charge is 2.37. The number of hydrogen-bond donors (Lipinski definition) is 3. The fourth-order valence-corrected chi connectivity index (χ4v) is 5.12. The first-order chi connectivity index (χ1) is 17.0. The van der Waals surface area contributed by atoms with Crippen molar-refractivity contribution in [3.63, 3.8) is 0 Å². The molecule has 8 heteroatoms. The van der Waals surface area contributed by atoms with Crippen LogP contribution in [0.4, 0.5) is 0 Å². The SMILES string of the molecule is CC(CO)(CO)C(=O)N1CCc2c(nc(Cc3ccc4c(c3)OCO4)c3[nH]c4ccccc4c23)C1. The van der Waals surface area contributed by atoms with Gasteiger partial charge in [0.2, 0.25) is 12.7 Å². The van der Waals surface area contributed by atoms with Crippen molar-refractivity contribution < 1.29 is 24.5 Å². The first-order valence-electron chi connectivity index (χ1n) is 11.8. The molecule has 0 aliphatic carbocycles. The molecular formula is C27H27N3O5. The summed E-state index contributed by atoms with van der Waals surface area (Å²) in [6.45, 7) is 1.86. The highest BCUT2D eigenvalue weighted by atomic mass is 16.7. The van der Waals surface area contributed by atoms with E-state index < -0.39 is 18.6 Å². The lowest BCUT2D eigenvalue weighted by molar-refractivity contribution is -0.147. The maximum absolute atomic E-state index is 13.1. The number of pyridine rings is 1. The van der Waals surface area contributed by atoms with Crippen LogP contribution in [0.3, 0.4) is 0 Å². The predicted molar refractivity (Wildman–Crippen MR) is 130 cm³/mol. The van der Waals surface area contributed by atoms with Crippen molar-refractivity contribution in [2.24, 2.45) is 5.41 Å². The number of hydrogen-bond acceptors (Lipinski definition) is 6. The molecule has 0 atom stereocenters. The van der Waals surface area contributed by atoms with Gasteiger partial charge in [-0.1, -0.05) is 24.3 Å². The lowest BCUT2D eigenvalue weighted by atomic mass is 9.89. The molecule has 3 N–H and O–H groups in total. The minimum absolute atomic E-state index is 0.229. The molecule has 4 aromatic rings. The molecule has 0 radical (unpaired) electrons. The van der Waals surface area contributed by atoms with Crippen LogP contribution in [0.15, 0.2) is 42.5 Å². The van der Waals surface area contributed by atoms with Crippen molar-refractivity contribution >= 4 is 27.7 Å². The average molecular weight is 474 g/mol. The van der Waals surface area contributed by atoms with Crippen LogP contribution in [-0.2, 0) is 24.2 Å². The highest BCUT2D eigenvalue weighted by Crippen LogP contribution is 2.37.